The van der Waals surface area contributed by atoms with E-state index in [1.807, 2.05) is 30.3 Å². The second-order valence-electron chi connectivity index (χ2n) is 4.92. The third kappa shape index (κ3) is 1.24. The third-order valence-corrected chi connectivity index (χ3v) is 3.81. The molecular weight excluding hydrogens is 224 g/mol. The second kappa shape index (κ2) is 3.30. The summed E-state index contributed by atoms with van der Waals surface area (Å²) in [6.45, 7) is 1.60. The van der Waals surface area contributed by atoms with Crippen molar-refractivity contribution in [1.29, 1.82) is 0 Å². The lowest BCUT2D eigenvalue weighted by Crippen LogP contribution is -2.01. The fourth-order valence-electron chi connectivity index (χ4n) is 2.84. The van der Waals surface area contributed by atoms with Gasteiger partial charge in [0.05, 0.1) is 0 Å². The minimum atomic E-state index is 0.105. The molecule has 0 N–H and O–H groups in total. The van der Waals surface area contributed by atoms with Crippen LogP contribution in [0, 0.1) is 0 Å². The number of hydrogen-bond acceptors (Lipinski definition) is 2. The van der Waals surface area contributed by atoms with Crippen LogP contribution < -0.4 is 0 Å². The van der Waals surface area contributed by atoms with Crippen molar-refractivity contribution in [2.24, 2.45) is 0 Å². The molecule has 0 amide bonds. The molecule has 2 heteroatoms. The van der Waals surface area contributed by atoms with Gasteiger partial charge in [-0.15, -0.1) is 0 Å². The summed E-state index contributed by atoms with van der Waals surface area (Å²) in [5.74, 6) is 0.105. The highest BCUT2D eigenvalue weighted by Gasteiger charge is 2.47. The van der Waals surface area contributed by atoms with Gasteiger partial charge in [0.25, 0.3) is 0 Å². The van der Waals surface area contributed by atoms with Crippen molar-refractivity contribution in [3.05, 3.63) is 59.2 Å². The number of fused-ring (bicyclic) bond motifs is 6. The number of Topliss-reactive ketones (excluding diaryl/α,β-unsaturated/α-hetero) is 1. The van der Waals surface area contributed by atoms with Crippen LogP contribution in [0.1, 0.15) is 40.6 Å². The molecule has 1 heterocycles. The zero-order chi connectivity index (χ0) is 12.3. The maximum atomic E-state index is 11.5. The van der Waals surface area contributed by atoms with Crippen LogP contribution in [-0.4, -0.2) is 5.78 Å². The minimum absolute atomic E-state index is 0.105. The normalized spacial score (nSPS) is 22.7. The van der Waals surface area contributed by atoms with Crippen LogP contribution in [0.15, 0.2) is 42.5 Å². The van der Waals surface area contributed by atoms with Crippen molar-refractivity contribution < 1.29 is 9.53 Å². The fourth-order valence-corrected chi connectivity index (χ4v) is 2.84. The smallest absolute Gasteiger partial charge is 0.159 e. The Labute approximate surface area is 105 Å². The fraction of sp³-hybridized carbons (Fsp3) is 0.188. The largest absolute Gasteiger partial charge is 0.359 e. The number of ether oxygens (including phenoxy) is 1. The molecule has 2 aliphatic rings. The first-order valence-corrected chi connectivity index (χ1v) is 6.15. The lowest BCUT2D eigenvalue weighted by molar-refractivity contribution is 0.101. The van der Waals surface area contributed by atoms with Gasteiger partial charge in [0, 0.05) is 5.56 Å². The predicted molar refractivity (Wildman–Crippen MR) is 68.4 cm³/mol. The summed E-state index contributed by atoms with van der Waals surface area (Å²) in [5.41, 5.74) is 5.63. The number of ketones is 1. The lowest BCUT2D eigenvalue weighted by atomic mass is 9.84. The molecular formula is C16H12O2. The van der Waals surface area contributed by atoms with Gasteiger partial charge in [-0.1, -0.05) is 36.4 Å². The molecule has 88 valence electrons. The highest BCUT2D eigenvalue weighted by Crippen LogP contribution is 2.59. The highest BCUT2D eigenvalue weighted by molar-refractivity contribution is 5.95. The van der Waals surface area contributed by atoms with Crippen molar-refractivity contribution in [3.8, 4) is 11.1 Å². The van der Waals surface area contributed by atoms with Gasteiger partial charge in [0.2, 0.25) is 0 Å². The molecule has 2 nitrogen and oxygen atoms in total. The van der Waals surface area contributed by atoms with E-state index in [9.17, 15) is 4.79 Å². The van der Waals surface area contributed by atoms with Gasteiger partial charge in [0.15, 0.2) is 5.78 Å². The van der Waals surface area contributed by atoms with Gasteiger partial charge in [-0.05, 0) is 35.2 Å². The summed E-state index contributed by atoms with van der Waals surface area (Å²) in [6.07, 6.45) is 0.338. The van der Waals surface area contributed by atoms with Crippen molar-refractivity contribution >= 4 is 5.78 Å². The van der Waals surface area contributed by atoms with Crippen molar-refractivity contribution in [2.45, 2.75) is 19.1 Å². The van der Waals surface area contributed by atoms with Crippen molar-refractivity contribution in [1.82, 2.24) is 0 Å². The van der Waals surface area contributed by atoms with Gasteiger partial charge < -0.3 is 4.74 Å². The molecule has 2 atom stereocenters. The first kappa shape index (κ1) is 10.0. The second-order valence-corrected chi connectivity index (χ2v) is 4.92. The zero-order valence-electron chi connectivity index (χ0n) is 10.0. The van der Waals surface area contributed by atoms with Crippen LogP contribution >= 0.6 is 0 Å². The molecule has 0 radical (unpaired) electrons. The zero-order valence-corrected chi connectivity index (χ0v) is 10.0. The third-order valence-electron chi connectivity index (χ3n) is 3.81. The number of benzene rings is 2. The van der Waals surface area contributed by atoms with Gasteiger partial charge in [-0.2, -0.15) is 0 Å². The Morgan fingerprint density at radius 3 is 2.56 bits per heavy atom. The standard InChI is InChI=1S/C16H12O2/c1-9(17)10-6-7-12-11-4-2-3-5-13(11)15-16(18-15)14(12)8-10/h2-8,15-16H,1H3. The first-order chi connectivity index (χ1) is 8.75. The summed E-state index contributed by atoms with van der Waals surface area (Å²) in [6, 6.07) is 14.3. The number of rotatable bonds is 1. The molecule has 2 aromatic rings. The Bertz CT molecular complexity index is 673. The monoisotopic (exact) mass is 236 g/mol. The molecule has 2 aromatic carbocycles. The Morgan fingerprint density at radius 1 is 1.00 bits per heavy atom. The van der Waals surface area contributed by atoms with Crippen LogP contribution in [0.3, 0.4) is 0 Å². The Balaban J connectivity index is 1.97. The number of carbonyl (C=O) groups is 1. The summed E-state index contributed by atoms with van der Waals surface area (Å²) in [4.78, 5) is 11.5. The predicted octanol–water partition coefficient (Wildman–Crippen LogP) is 3.68. The van der Waals surface area contributed by atoms with Crippen molar-refractivity contribution in [2.75, 3.05) is 0 Å². The number of carbonyl (C=O) groups excluding carboxylic acids is 1. The molecule has 0 bridgehead atoms. The Kier molecular flexibility index (Phi) is 1.84. The number of hydrogen-bond donors (Lipinski definition) is 0. The minimum Gasteiger partial charge on any atom is -0.359 e. The van der Waals surface area contributed by atoms with Gasteiger partial charge in [0.1, 0.15) is 12.2 Å². The van der Waals surface area contributed by atoms with E-state index < -0.39 is 0 Å². The highest BCUT2D eigenvalue weighted by atomic mass is 16.6. The maximum Gasteiger partial charge on any atom is 0.159 e. The molecule has 0 saturated carbocycles. The van der Waals surface area contributed by atoms with Crippen molar-refractivity contribution in [3.63, 3.8) is 0 Å². The molecule has 1 aliphatic carbocycles. The van der Waals surface area contributed by atoms with Crippen LogP contribution in [0.2, 0.25) is 0 Å². The van der Waals surface area contributed by atoms with E-state index in [2.05, 4.69) is 12.1 Å². The number of epoxide rings is 1. The maximum absolute atomic E-state index is 11.5. The molecule has 1 fully saturated rings. The average molecular weight is 236 g/mol. The van der Waals surface area contributed by atoms with E-state index in [-0.39, 0.29) is 18.0 Å². The lowest BCUT2D eigenvalue weighted by Gasteiger charge is -2.16. The quantitative estimate of drug-likeness (QED) is 0.558. The first-order valence-electron chi connectivity index (χ1n) is 6.15. The van der Waals surface area contributed by atoms with Gasteiger partial charge in [-0.25, -0.2) is 0 Å². The SMILES string of the molecule is CC(=O)c1ccc2c(c1)C1OC1c1ccccc1-2. The summed E-state index contributed by atoms with van der Waals surface area (Å²) < 4.78 is 5.75. The summed E-state index contributed by atoms with van der Waals surface area (Å²) in [5, 5.41) is 0. The Hall–Kier alpha value is -1.93. The van der Waals surface area contributed by atoms with Crippen LogP contribution in [-0.2, 0) is 4.74 Å². The van der Waals surface area contributed by atoms with Crippen LogP contribution in [0.5, 0.6) is 0 Å². The van der Waals surface area contributed by atoms with E-state index in [1.165, 1.54) is 16.7 Å². The molecule has 1 aliphatic heterocycles. The molecule has 1 saturated heterocycles. The van der Waals surface area contributed by atoms with Crippen LogP contribution in [0.25, 0.3) is 11.1 Å². The van der Waals surface area contributed by atoms with Gasteiger partial charge in [-0.3, -0.25) is 4.79 Å². The van der Waals surface area contributed by atoms with Crippen LogP contribution in [0.4, 0.5) is 0 Å². The average Bonchev–Trinajstić information content (AvgIpc) is 3.19. The molecule has 18 heavy (non-hydrogen) atoms. The molecule has 0 spiro atoms. The summed E-state index contributed by atoms with van der Waals surface area (Å²) >= 11 is 0. The molecule has 4 rings (SSSR count). The topological polar surface area (TPSA) is 29.6 Å². The molecule has 2 unspecified atom stereocenters. The van der Waals surface area contributed by atoms with E-state index in [0.29, 0.717) is 0 Å². The molecule has 0 aromatic heterocycles. The van der Waals surface area contributed by atoms with E-state index >= 15 is 0 Å². The van der Waals surface area contributed by atoms with E-state index in [4.69, 9.17) is 4.74 Å². The van der Waals surface area contributed by atoms with E-state index in [0.717, 1.165) is 11.1 Å². The van der Waals surface area contributed by atoms with E-state index in [1.54, 1.807) is 6.92 Å². The summed E-state index contributed by atoms with van der Waals surface area (Å²) in [7, 11) is 0. The van der Waals surface area contributed by atoms with Gasteiger partial charge >= 0.3 is 0 Å². The Morgan fingerprint density at radius 2 is 1.72 bits per heavy atom.